The van der Waals surface area contributed by atoms with E-state index in [0.29, 0.717) is 32.3 Å². The molecule has 0 spiro atoms. The van der Waals surface area contributed by atoms with Gasteiger partial charge in [-0.25, -0.2) is 0 Å². The van der Waals surface area contributed by atoms with Crippen molar-refractivity contribution in [2.24, 2.45) is 4.99 Å². The molecule has 2 aromatic carbocycles. The number of halogens is 1. The summed E-state index contributed by atoms with van der Waals surface area (Å²) in [5, 5.41) is 9.11. The van der Waals surface area contributed by atoms with Gasteiger partial charge in [0.1, 0.15) is 18.1 Å². The highest BCUT2D eigenvalue weighted by atomic mass is 127. The Morgan fingerprint density at radius 1 is 0.969 bits per heavy atom. The van der Waals surface area contributed by atoms with E-state index in [4.69, 9.17) is 14.2 Å². The van der Waals surface area contributed by atoms with Crippen molar-refractivity contribution < 1.29 is 19.0 Å². The van der Waals surface area contributed by atoms with Crippen LogP contribution in [0.3, 0.4) is 0 Å². The lowest BCUT2D eigenvalue weighted by Gasteiger charge is -2.15. The standard InChI is InChI=1S/C23H32N4O4.HI/c1-17-5-8-19(21(13-17)31-12-11-29-3)15-26-23(24-2)27-16-22(28)25-14-18-6-9-20(30-4)10-7-18;/h5-10,13H,11-12,14-16H2,1-4H3,(H,25,28)(H2,24,26,27);1H. The van der Waals surface area contributed by atoms with E-state index in [1.165, 1.54) is 0 Å². The normalized spacial score (nSPS) is 10.7. The van der Waals surface area contributed by atoms with Crippen molar-refractivity contribution in [1.29, 1.82) is 0 Å². The summed E-state index contributed by atoms with van der Waals surface area (Å²) >= 11 is 0. The molecule has 0 radical (unpaired) electrons. The Balaban J connectivity index is 0.00000512. The molecule has 0 fully saturated rings. The Morgan fingerprint density at radius 3 is 2.38 bits per heavy atom. The van der Waals surface area contributed by atoms with Crippen LogP contribution in [0.15, 0.2) is 47.5 Å². The van der Waals surface area contributed by atoms with Gasteiger partial charge in [0.25, 0.3) is 0 Å². The highest BCUT2D eigenvalue weighted by Gasteiger charge is 2.08. The zero-order chi connectivity index (χ0) is 22.5. The van der Waals surface area contributed by atoms with Gasteiger partial charge in [0.2, 0.25) is 5.91 Å². The second-order valence-corrected chi connectivity index (χ2v) is 6.86. The maximum absolute atomic E-state index is 12.2. The number of nitrogens with zero attached hydrogens (tertiary/aromatic N) is 1. The molecule has 0 bridgehead atoms. The number of rotatable bonds is 11. The zero-order valence-corrected chi connectivity index (χ0v) is 21.4. The fourth-order valence-corrected chi connectivity index (χ4v) is 2.75. The Hall–Kier alpha value is -2.53. The SMILES string of the molecule is CN=C(NCC(=O)NCc1ccc(OC)cc1)NCc1ccc(C)cc1OCCOC.I. The van der Waals surface area contributed by atoms with Gasteiger partial charge in [-0.3, -0.25) is 9.79 Å². The number of hydrogen-bond donors (Lipinski definition) is 3. The third-order valence-corrected chi connectivity index (χ3v) is 4.50. The Labute approximate surface area is 207 Å². The summed E-state index contributed by atoms with van der Waals surface area (Å²) in [5.74, 6) is 1.99. The van der Waals surface area contributed by atoms with Gasteiger partial charge in [-0.2, -0.15) is 0 Å². The van der Waals surface area contributed by atoms with Crippen molar-refractivity contribution >= 4 is 35.8 Å². The minimum atomic E-state index is -0.127. The second kappa shape index (κ2) is 15.3. The van der Waals surface area contributed by atoms with Crippen LogP contribution < -0.4 is 25.4 Å². The highest BCUT2D eigenvalue weighted by Crippen LogP contribution is 2.20. The first-order chi connectivity index (χ1) is 15.0. The van der Waals surface area contributed by atoms with E-state index in [-0.39, 0.29) is 36.4 Å². The van der Waals surface area contributed by atoms with Gasteiger partial charge in [-0.15, -0.1) is 24.0 Å². The number of nitrogens with one attached hydrogen (secondary N) is 3. The number of hydrogen-bond acceptors (Lipinski definition) is 5. The quantitative estimate of drug-likeness (QED) is 0.171. The maximum Gasteiger partial charge on any atom is 0.239 e. The van der Waals surface area contributed by atoms with Crippen LogP contribution in [0.2, 0.25) is 0 Å². The lowest BCUT2D eigenvalue weighted by Crippen LogP contribution is -2.42. The first kappa shape index (κ1) is 27.5. The first-order valence-electron chi connectivity index (χ1n) is 10.1. The van der Waals surface area contributed by atoms with Crippen molar-refractivity contribution in [3.05, 3.63) is 59.2 Å². The number of aryl methyl sites for hydroxylation is 1. The predicted molar refractivity (Wildman–Crippen MR) is 137 cm³/mol. The smallest absolute Gasteiger partial charge is 0.239 e. The van der Waals surface area contributed by atoms with Crippen LogP contribution in [0, 0.1) is 6.92 Å². The molecule has 0 atom stereocenters. The van der Waals surface area contributed by atoms with E-state index >= 15 is 0 Å². The van der Waals surface area contributed by atoms with Gasteiger partial charge in [0, 0.05) is 32.8 Å². The molecule has 0 aromatic heterocycles. The molecule has 8 nitrogen and oxygen atoms in total. The van der Waals surface area contributed by atoms with Gasteiger partial charge in [0.15, 0.2) is 5.96 Å². The van der Waals surface area contributed by atoms with Gasteiger partial charge >= 0.3 is 0 Å². The molecule has 2 rings (SSSR count). The predicted octanol–water partition coefficient (Wildman–Crippen LogP) is 2.63. The van der Waals surface area contributed by atoms with Gasteiger partial charge in [0.05, 0.1) is 20.3 Å². The van der Waals surface area contributed by atoms with Gasteiger partial charge in [-0.1, -0.05) is 24.3 Å². The molecule has 32 heavy (non-hydrogen) atoms. The van der Waals surface area contributed by atoms with E-state index in [2.05, 4.69) is 20.9 Å². The van der Waals surface area contributed by atoms with Crippen LogP contribution in [0.5, 0.6) is 11.5 Å². The summed E-state index contributed by atoms with van der Waals surface area (Å²) in [4.78, 5) is 16.3. The largest absolute Gasteiger partial charge is 0.497 e. The fourth-order valence-electron chi connectivity index (χ4n) is 2.75. The number of aliphatic imine (C=N–C) groups is 1. The number of benzene rings is 2. The molecular formula is C23H33IN4O4. The van der Waals surface area contributed by atoms with E-state index in [0.717, 1.165) is 28.2 Å². The molecule has 0 saturated carbocycles. The number of amides is 1. The molecule has 0 aliphatic heterocycles. The van der Waals surface area contributed by atoms with Crippen molar-refractivity contribution in [3.8, 4) is 11.5 Å². The van der Waals surface area contributed by atoms with Crippen LogP contribution in [0.4, 0.5) is 0 Å². The van der Waals surface area contributed by atoms with Crippen LogP contribution in [0.25, 0.3) is 0 Å². The summed E-state index contributed by atoms with van der Waals surface area (Å²) in [6.07, 6.45) is 0. The summed E-state index contributed by atoms with van der Waals surface area (Å²) < 4.78 is 16.0. The molecule has 2 aromatic rings. The molecule has 0 aliphatic carbocycles. The minimum Gasteiger partial charge on any atom is -0.497 e. The van der Waals surface area contributed by atoms with E-state index < -0.39 is 0 Å². The monoisotopic (exact) mass is 556 g/mol. The molecule has 0 heterocycles. The molecular weight excluding hydrogens is 523 g/mol. The van der Waals surface area contributed by atoms with Crippen LogP contribution in [-0.4, -0.2) is 52.9 Å². The number of methoxy groups -OCH3 is 2. The molecule has 176 valence electrons. The van der Waals surface area contributed by atoms with Crippen LogP contribution in [0.1, 0.15) is 16.7 Å². The van der Waals surface area contributed by atoms with Crippen molar-refractivity contribution in [3.63, 3.8) is 0 Å². The Kier molecular flexibility index (Phi) is 13.2. The van der Waals surface area contributed by atoms with Crippen molar-refractivity contribution in [1.82, 2.24) is 16.0 Å². The Morgan fingerprint density at radius 2 is 1.72 bits per heavy atom. The fraction of sp³-hybridized carbons (Fsp3) is 0.391. The number of carbonyl (C=O) groups excluding carboxylic acids is 1. The third kappa shape index (κ3) is 9.73. The maximum atomic E-state index is 12.2. The average molecular weight is 556 g/mol. The van der Waals surface area contributed by atoms with Crippen molar-refractivity contribution in [2.45, 2.75) is 20.0 Å². The molecule has 0 saturated heterocycles. The highest BCUT2D eigenvalue weighted by molar-refractivity contribution is 14.0. The van der Waals surface area contributed by atoms with E-state index in [9.17, 15) is 4.79 Å². The summed E-state index contributed by atoms with van der Waals surface area (Å²) in [7, 11) is 4.93. The second-order valence-electron chi connectivity index (χ2n) is 6.86. The number of ether oxygens (including phenoxy) is 3. The van der Waals surface area contributed by atoms with E-state index in [1.54, 1.807) is 21.3 Å². The van der Waals surface area contributed by atoms with E-state index in [1.807, 2.05) is 49.4 Å². The zero-order valence-electron chi connectivity index (χ0n) is 19.1. The minimum absolute atomic E-state index is 0. The molecule has 3 N–H and O–H groups in total. The number of guanidine groups is 1. The third-order valence-electron chi connectivity index (χ3n) is 4.50. The summed E-state index contributed by atoms with van der Waals surface area (Å²) in [6, 6.07) is 13.6. The van der Waals surface area contributed by atoms with Gasteiger partial charge < -0.3 is 30.2 Å². The van der Waals surface area contributed by atoms with Crippen LogP contribution >= 0.6 is 24.0 Å². The topological polar surface area (TPSA) is 93.2 Å². The lowest BCUT2D eigenvalue weighted by molar-refractivity contribution is -0.120. The number of carbonyl (C=O) groups is 1. The molecule has 9 heteroatoms. The Bertz CT molecular complexity index is 860. The molecule has 0 unspecified atom stereocenters. The summed E-state index contributed by atoms with van der Waals surface area (Å²) in [6.45, 7) is 4.09. The lowest BCUT2D eigenvalue weighted by atomic mass is 10.1. The first-order valence-corrected chi connectivity index (χ1v) is 10.1. The van der Waals surface area contributed by atoms with Gasteiger partial charge in [-0.05, 0) is 36.2 Å². The average Bonchev–Trinajstić information content (AvgIpc) is 2.79. The molecule has 1 amide bonds. The molecule has 0 aliphatic rings. The van der Waals surface area contributed by atoms with Crippen LogP contribution in [-0.2, 0) is 22.6 Å². The van der Waals surface area contributed by atoms with Crippen molar-refractivity contribution in [2.75, 3.05) is 41.0 Å². The summed E-state index contributed by atoms with van der Waals surface area (Å²) in [5.41, 5.74) is 3.11.